The number of aromatic amines is 1. The standard InChI is InChI=1S/C13H15N3O2S/c1-3-11-14-13(16-15-11)19-8-9-5-4-6-10(7-9)12(17)18-2/h4-7H,3,8H2,1-2H3,(H,14,15,16). The number of ether oxygens (including phenoxy) is 1. The normalized spacial score (nSPS) is 10.4. The lowest BCUT2D eigenvalue weighted by molar-refractivity contribution is 0.0600. The molecule has 1 N–H and O–H groups in total. The van der Waals surface area contributed by atoms with Crippen molar-refractivity contribution in [3.8, 4) is 0 Å². The summed E-state index contributed by atoms with van der Waals surface area (Å²) in [4.78, 5) is 15.7. The Labute approximate surface area is 115 Å². The van der Waals surface area contributed by atoms with E-state index in [2.05, 4.69) is 15.2 Å². The number of esters is 1. The number of benzene rings is 1. The summed E-state index contributed by atoms with van der Waals surface area (Å²) in [5.41, 5.74) is 1.60. The van der Waals surface area contributed by atoms with Gasteiger partial charge in [0.25, 0.3) is 0 Å². The number of carbonyl (C=O) groups is 1. The highest BCUT2D eigenvalue weighted by Crippen LogP contribution is 2.20. The Kier molecular flexibility index (Phi) is 4.57. The van der Waals surface area contributed by atoms with Crippen molar-refractivity contribution in [1.82, 2.24) is 15.2 Å². The van der Waals surface area contributed by atoms with Gasteiger partial charge in [-0.1, -0.05) is 30.8 Å². The van der Waals surface area contributed by atoms with E-state index in [-0.39, 0.29) is 5.97 Å². The first kappa shape index (κ1) is 13.6. The molecule has 0 unspecified atom stereocenters. The van der Waals surface area contributed by atoms with Crippen molar-refractivity contribution in [3.63, 3.8) is 0 Å². The van der Waals surface area contributed by atoms with Crippen LogP contribution in [0.1, 0.15) is 28.7 Å². The summed E-state index contributed by atoms with van der Waals surface area (Å²) in [5, 5.41) is 7.71. The average Bonchev–Trinajstić information content (AvgIpc) is 2.92. The highest BCUT2D eigenvalue weighted by atomic mass is 32.2. The van der Waals surface area contributed by atoms with Crippen LogP contribution >= 0.6 is 11.8 Å². The molecule has 0 saturated carbocycles. The van der Waals surface area contributed by atoms with Crippen LogP contribution in [0, 0.1) is 0 Å². The fraction of sp³-hybridized carbons (Fsp3) is 0.308. The number of nitrogens with one attached hydrogen (secondary N) is 1. The van der Waals surface area contributed by atoms with Crippen molar-refractivity contribution >= 4 is 17.7 Å². The Morgan fingerprint density at radius 1 is 1.47 bits per heavy atom. The molecule has 0 atom stereocenters. The van der Waals surface area contributed by atoms with Gasteiger partial charge in [0.05, 0.1) is 12.7 Å². The number of methoxy groups -OCH3 is 1. The lowest BCUT2D eigenvalue weighted by Crippen LogP contribution is -2.01. The van der Waals surface area contributed by atoms with Crippen LogP contribution in [0.5, 0.6) is 0 Å². The van der Waals surface area contributed by atoms with E-state index >= 15 is 0 Å². The number of aromatic nitrogens is 3. The number of hydrogen-bond donors (Lipinski definition) is 1. The van der Waals surface area contributed by atoms with Crippen molar-refractivity contribution < 1.29 is 9.53 Å². The Hall–Kier alpha value is -1.82. The first-order chi connectivity index (χ1) is 9.22. The van der Waals surface area contributed by atoms with Crippen molar-refractivity contribution in [1.29, 1.82) is 0 Å². The van der Waals surface area contributed by atoms with E-state index in [0.717, 1.165) is 23.0 Å². The molecule has 0 aliphatic heterocycles. The summed E-state index contributed by atoms with van der Waals surface area (Å²) in [6, 6.07) is 7.37. The third kappa shape index (κ3) is 3.57. The quantitative estimate of drug-likeness (QED) is 0.671. The topological polar surface area (TPSA) is 67.9 Å². The van der Waals surface area contributed by atoms with Gasteiger partial charge in [0.1, 0.15) is 5.82 Å². The molecule has 0 bridgehead atoms. The highest BCUT2D eigenvalue weighted by molar-refractivity contribution is 7.98. The molecule has 2 aromatic rings. The van der Waals surface area contributed by atoms with Crippen LogP contribution in [0.3, 0.4) is 0 Å². The van der Waals surface area contributed by atoms with Gasteiger partial charge in [0.15, 0.2) is 0 Å². The maximum Gasteiger partial charge on any atom is 0.337 e. The minimum Gasteiger partial charge on any atom is -0.465 e. The molecule has 1 aromatic heterocycles. The van der Waals surface area contributed by atoms with Crippen molar-refractivity contribution in [3.05, 3.63) is 41.2 Å². The first-order valence-electron chi connectivity index (χ1n) is 5.94. The minimum absolute atomic E-state index is 0.321. The summed E-state index contributed by atoms with van der Waals surface area (Å²) in [6.45, 7) is 2.02. The summed E-state index contributed by atoms with van der Waals surface area (Å²) in [7, 11) is 1.38. The van der Waals surface area contributed by atoms with Crippen LogP contribution < -0.4 is 0 Å². The maximum atomic E-state index is 11.4. The fourth-order valence-electron chi connectivity index (χ4n) is 1.55. The number of rotatable bonds is 5. The lowest BCUT2D eigenvalue weighted by atomic mass is 10.1. The minimum atomic E-state index is -0.321. The largest absolute Gasteiger partial charge is 0.465 e. The second kappa shape index (κ2) is 6.38. The van der Waals surface area contributed by atoms with E-state index in [1.165, 1.54) is 18.9 Å². The lowest BCUT2D eigenvalue weighted by Gasteiger charge is -2.02. The number of hydrogen-bond acceptors (Lipinski definition) is 5. The zero-order valence-corrected chi connectivity index (χ0v) is 11.7. The fourth-order valence-corrected chi connectivity index (χ4v) is 2.31. The molecule has 5 nitrogen and oxygen atoms in total. The van der Waals surface area contributed by atoms with Crippen molar-refractivity contribution in [2.45, 2.75) is 24.3 Å². The number of aryl methyl sites for hydroxylation is 1. The summed E-state index contributed by atoms with van der Waals surface area (Å²) in [6.07, 6.45) is 0.839. The molecule has 0 aliphatic carbocycles. The summed E-state index contributed by atoms with van der Waals surface area (Å²) < 4.78 is 4.70. The van der Waals surface area contributed by atoms with E-state index in [1.54, 1.807) is 6.07 Å². The number of thioether (sulfide) groups is 1. The second-order valence-corrected chi connectivity index (χ2v) is 4.84. The molecule has 100 valence electrons. The molecule has 0 amide bonds. The molecule has 0 saturated heterocycles. The van der Waals surface area contributed by atoms with Crippen molar-refractivity contribution in [2.24, 2.45) is 0 Å². The van der Waals surface area contributed by atoms with E-state index in [0.29, 0.717) is 11.3 Å². The molecule has 0 radical (unpaired) electrons. The van der Waals surface area contributed by atoms with Crippen LogP contribution in [-0.4, -0.2) is 28.3 Å². The van der Waals surface area contributed by atoms with E-state index < -0.39 is 0 Å². The first-order valence-corrected chi connectivity index (χ1v) is 6.92. The zero-order chi connectivity index (χ0) is 13.7. The molecular weight excluding hydrogens is 262 g/mol. The predicted octanol–water partition coefficient (Wildman–Crippen LogP) is 2.45. The third-order valence-electron chi connectivity index (χ3n) is 2.56. The average molecular weight is 277 g/mol. The predicted molar refractivity (Wildman–Crippen MR) is 73.1 cm³/mol. The third-order valence-corrected chi connectivity index (χ3v) is 3.48. The Morgan fingerprint density at radius 3 is 3.00 bits per heavy atom. The van der Waals surface area contributed by atoms with E-state index in [1.807, 2.05) is 25.1 Å². The Balaban J connectivity index is 2.01. The highest BCUT2D eigenvalue weighted by Gasteiger charge is 2.07. The van der Waals surface area contributed by atoms with Gasteiger partial charge in [0.2, 0.25) is 5.16 Å². The van der Waals surface area contributed by atoms with Gasteiger partial charge >= 0.3 is 5.97 Å². The molecule has 1 heterocycles. The Bertz CT molecular complexity index is 569. The Morgan fingerprint density at radius 2 is 2.32 bits per heavy atom. The summed E-state index contributed by atoms with van der Waals surface area (Å²) in [5.74, 6) is 1.27. The molecule has 0 fully saturated rings. The number of carbonyl (C=O) groups excluding carboxylic acids is 1. The second-order valence-electron chi connectivity index (χ2n) is 3.90. The van der Waals surface area contributed by atoms with Gasteiger partial charge in [-0.2, -0.15) is 0 Å². The molecule has 19 heavy (non-hydrogen) atoms. The van der Waals surface area contributed by atoms with Crippen molar-refractivity contribution in [2.75, 3.05) is 7.11 Å². The molecule has 0 spiro atoms. The van der Waals surface area contributed by atoms with Gasteiger partial charge in [0, 0.05) is 12.2 Å². The number of nitrogens with zero attached hydrogens (tertiary/aromatic N) is 2. The van der Waals surface area contributed by atoms with Crippen LogP contribution in [-0.2, 0) is 16.9 Å². The van der Waals surface area contributed by atoms with Gasteiger partial charge in [-0.25, -0.2) is 9.78 Å². The van der Waals surface area contributed by atoms with Crippen LogP contribution in [0.25, 0.3) is 0 Å². The molecule has 1 aromatic carbocycles. The van der Waals surface area contributed by atoms with Gasteiger partial charge in [-0.05, 0) is 17.7 Å². The monoisotopic (exact) mass is 277 g/mol. The molecule has 0 aliphatic rings. The van der Waals surface area contributed by atoms with E-state index in [4.69, 9.17) is 4.74 Å². The van der Waals surface area contributed by atoms with Gasteiger partial charge < -0.3 is 4.74 Å². The SMILES string of the molecule is CCc1nc(SCc2cccc(C(=O)OC)c2)n[nH]1. The van der Waals surface area contributed by atoms with E-state index in [9.17, 15) is 4.79 Å². The molecule has 6 heteroatoms. The van der Waals surface area contributed by atoms with Gasteiger partial charge in [-0.15, -0.1) is 5.10 Å². The van der Waals surface area contributed by atoms with Crippen LogP contribution in [0.4, 0.5) is 0 Å². The number of H-pyrrole nitrogens is 1. The van der Waals surface area contributed by atoms with Crippen LogP contribution in [0.2, 0.25) is 0 Å². The smallest absolute Gasteiger partial charge is 0.337 e. The van der Waals surface area contributed by atoms with Gasteiger partial charge in [-0.3, -0.25) is 5.10 Å². The maximum absolute atomic E-state index is 11.4. The van der Waals surface area contributed by atoms with Crippen LogP contribution in [0.15, 0.2) is 29.4 Å². The zero-order valence-electron chi connectivity index (χ0n) is 10.8. The molecular formula is C13H15N3O2S. The summed E-state index contributed by atoms with van der Waals surface area (Å²) >= 11 is 1.53. The molecule has 2 rings (SSSR count).